The van der Waals surface area contributed by atoms with Crippen LogP contribution in [0.4, 0.5) is 0 Å². The summed E-state index contributed by atoms with van der Waals surface area (Å²) in [5.74, 6) is 4.88. The van der Waals surface area contributed by atoms with Gasteiger partial charge in [0.1, 0.15) is 6.10 Å². The number of carbonyl (C=O) groups is 1. The predicted octanol–water partition coefficient (Wildman–Crippen LogP) is 1.78. The Kier molecular flexibility index (Phi) is 4.96. The summed E-state index contributed by atoms with van der Waals surface area (Å²) in [6.07, 6.45) is 0.228. The highest BCUT2D eigenvalue weighted by Crippen LogP contribution is 2.37. The molecule has 1 atom stereocenters. The summed E-state index contributed by atoms with van der Waals surface area (Å²) in [4.78, 5) is 11.4. The molecule has 0 radical (unpaired) electrons. The number of amides is 1. The number of nitrogens with one attached hydrogen (secondary N) is 1. The van der Waals surface area contributed by atoms with Gasteiger partial charge in [0.15, 0.2) is 8.32 Å². The molecule has 0 rings (SSSR count). The van der Waals surface area contributed by atoms with Crippen molar-refractivity contribution in [2.24, 2.45) is 5.84 Å². The molecule has 0 spiro atoms. The number of nitrogens with two attached hydrogens (primary N) is 1. The third-order valence-electron chi connectivity index (χ3n) is 3.05. The number of rotatable bonds is 4. The van der Waals surface area contributed by atoms with Gasteiger partial charge in [0.05, 0.1) is 0 Å². The van der Waals surface area contributed by atoms with Crippen LogP contribution >= 0.6 is 0 Å². The maximum atomic E-state index is 11.4. The Morgan fingerprint density at radius 3 is 2.20 bits per heavy atom. The SMILES string of the molecule is CC[C@H](O[Si](C)(C)C(C)(C)C)C(=O)NN. The van der Waals surface area contributed by atoms with Crippen molar-refractivity contribution in [2.75, 3.05) is 0 Å². The van der Waals surface area contributed by atoms with E-state index in [2.05, 4.69) is 39.3 Å². The van der Waals surface area contributed by atoms with Gasteiger partial charge in [0.25, 0.3) is 5.91 Å². The van der Waals surface area contributed by atoms with Gasteiger partial charge in [-0.05, 0) is 24.6 Å². The zero-order valence-electron chi connectivity index (χ0n) is 10.7. The first kappa shape index (κ1) is 14.6. The molecule has 0 aromatic heterocycles. The largest absolute Gasteiger partial charge is 0.405 e. The fourth-order valence-electron chi connectivity index (χ4n) is 0.948. The van der Waals surface area contributed by atoms with Crippen molar-refractivity contribution in [3.05, 3.63) is 0 Å². The van der Waals surface area contributed by atoms with Gasteiger partial charge in [-0.2, -0.15) is 0 Å². The van der Waals surface area contributed by atoms with Crippen LogP contribution < -0.4 is 11.3 Å². The van der Waals surface area contributed by atoms with E-state index >= 15 is 0 Å². The second kappa shape index (κ2) is 5.09. The van der Waals surface area contributed by atoms with Gasteiger partial charge in [0.2, 0.25) is 0 Å². The molecular weight excluding hydrogens is 208 g/mol. The standard InChI is InChI=1S/C10H24N2O2Si/c1-7-8(9(13)12-11)14-15(5,6)10(2,3)4/h8H,7,11H2,1-6H3,(H,12,13)/t8-/m0/s1. The van der Waals surface area contributed by atoms with Gasteiger partial charge >= 0.3 is 0 Å². The molecule has 0 bridgehead atoms. The molecule has 4 nitrogen and oxygen atoms in total. The average molecular weight is 232 g/mol. The van der Waals surface area contributed by atoms with Crippen LogP contribution in [0.15, 0.2) is 0 Å². The van der Waals surface area contributed by atoms with Crippen molar-refractivity contribution in [1.82, 2.24) is 5.43 Å². The monoisotopic (exact) mass is 232 g/mol. The highest BCUT2D eigenvalue weighted by atomic mass is 28.4. The minimum absolute atomic E-state index is 0.106. The van der Waals surface area contributed by atoms with Crippen molar-refractivity contribution < 1.29 is 9.22 Å². The summed E-state index contributed by atoms with van der Waals surface area (Å²) in [5.41, 5.74) is 2.15. The highest BCUT2D eigenvalue weighted by molar-refractivity contribution is 6.74. The lowest BCUT2D eigenvalue weighted by Gasteiger charge is -2.38. The Morgan fingerprint density at radius 1 is 1.47 bits per heavy atom. The first-order chi connectivity index (χ1) is 6.65. The van der Waals surface area contributed by atoms with Crippen molar-refractivity contribution in [1.29, 1.82) is 0 Å². The molecule has 0 aromatic rings. The number of hydrazine groups is 1. The lowest BCUT2D eigenvalue weighted by atomic mass is 10.2. The van der Waals surface area contributed by atoms with Gasteiger partial charge < -0.3 is 4.43 Å². The summed E-state index contributed by atoms with van der Waals surface area (Å²) >= 11 is 0. The number of hydrogen-bond donors (Lipinski definition) is 2. The van der Waals surface area contributed by atoms with Gasteiger partial charge in [0, 0.05) is 0 Å². The van der Waals surface area contributed by atoms with E-state index in [1.807, 2.05) is 6.92 Å². The Labute approximate surface area is 93.7 Å². The normalized spacial score (nSPS) is 14.9. The van der Waals surface area contributed by atoms with E-state index < -0.39 is 14.4 Å². The zero-order valence-corrected chi connectivity index (χ0v) is 11.7. The Morgan fingerprint density at radius 2 is 1.93 bits per heavy atom. The van der Waals surface area contributed by atoms with E-state index in [9.17, 15) is 4.79 Å². The Balaban J connectivity index is 4.62. The quantitative estimate of drug-likeness (QED) is 0.336. The van der Waals surface area contributed by atoms with Crippen LogP contribution in [0.2, 0.25) is 18.1 Å². The summed E-state index contributed by atoms with van der Waals surface area (Å²) in [7, 11) is -1.88. The molecule has 0 aliphatic rings. The molecule has 15 heavy (non-hydrogen) atoms. The molecule has 3 N–H and O–H groups in total. The van der Waals surface area contributed by atoms with Crippen LogP contribution in [-0.4, -0.2) is 20.3 Å². The molecule has 1 amide bonds. The molecule has 0 heterocycles. The molecule has 0 aliphatic heterocycles. The predicted molar refractivity (Wildman–Crippen MR) is 64.7 cm³/mol. The molecule has 90 valence electrons. The molecule has 5 heteroatoms. The molecule has 0 aromatic carbocycles. The summed E-state index contributed by atoms with van der Waals surface area (Å²) in [6.45, 7) is 12.6. The van der Waals surface area contributed by atoms with E-state index in [1.165, 1.54) is 0 Å². The van der Waals surface area contributed by atoms with E-state index in [0.29, 0.717) is 6.42 Å². The van der Waals surface area contributed by atoms with Crippen LogP contribution in [0, 0.1) is 0 Å². The molecule has 0 aliphatic carbocycles. The number of carbonyl (C=O) groups excluding carboxylic acids is 1. The van der Waals surface area contributed by atoms with Gasteiger partial charge in [-0.1, -0.05) is 27.7 Å². The van der Waals surface area contributed by atoms with Gasteiger partial charge in [-0.15, -0.1) is 0 Å². The van der Waals surface area contributed by atoms with Crippen molar-refractivity contribution >= 4 is 14.2 Å². The maximum Gasteiger partial charge on any atom is 0.261 e. The topological polar surface area (TPSA) is 64.3 Å². The molecule has 0 unspecified atom stereocenters. The van der Waals surface area contributed by atoms with Gasteiger partial charge in [-0.25, -0.2) is 5.84 Å². The summed E-state index contributed by atoms with van der Waals surface area (Å²) in [6, 6.07) is 0. The van der Waals surface area contributed by atoms with Crippen molar-refractivity contribution in [3.8, 4) is 0 Å². The third-order valence-corrected chi connectivity index (χ3v) is 7.53. The van der Waals surface area contributed by atoms with Crippen molar-refractivity contribution in [2.45, 2.75) is 58.4 Å². The van der Waals surface area contributed by atoms with Crippen LogP contribution in [0.1, 0.15) is 34.1 Å². The maximum absolute atomic E-state index is 11.4. The van der Waals surface area contributed by atoms with Crippen molar-refractivity contribution in [3.63, 3.8) is 0 Å². The fourth-order valence-corrected chi connectivity index (χ4v) is 2.29. The van der Waals surface area contributed by atoms with Crippen LogP contribution in [0.3, 0.4) is 0 Å². The smallest absolute Gasteiger partial charge is 0.261 e. The van der Waals surface area contributed by atoms with E-state index in [1.54, 1.807) is 0 Å². The Hall–Kier alpha value is -0.393. The number of hydrogen-bond acceptors (Lipinski definition) is 3. The fraction of sp³-hybridized carbons (Fsp3) is 0.900. The minimum Gasteiger partial charge on any atom is -0.405 e. The summed E-state index contributed by atoms with van der Waals surface area (Å²) in [5, 5.41) is 0.106. The summed E-state index contributed by atoms with van der Waals surface area (Å²) < 4.78 is 5.95. The molecule has 0 fully saturated rings. The Bertz CT molecular complexity index is 224. The highest BCUT2D eigenvalue weighted by Gasteiger charge is 2.40. The van der Waals surface area contributed by atoms with Crippen LogP contribution in [0.25, 0.3) is 0 Å². The second-order valence-electron chi connectivity index (χ2n) is 5.28. The average Bonchev–Trinajstić information content (AvgIpc) is 2.11. The third kappa shape index (κ3) is 3.93. The first-order valence-electron chi connectivity index (χ1n) is 5.34. The minimum atomic E-state index is -1.88. The molecule has 0 saturated heterocycles. The van der Waals surface area contributed by atoms with Gasteiger partial charge in [-0.3, -0.25) is 10.2 Å². The zero-order chi connectivity index (χ0) is 12.3. The van der Waals surface area contributed by atoms with Crippen LogP contribution in [-0.2, 0) is 9.22 Å². The molecular formula is C10H24N2O2Si. The van der Waals surface area contributed by atoms with E-state index in [-0.39, 0.29) is 10.9 Å². The molecule has 0 saturated carbocycles. The lowest BCUT2D eigenvalue weighted by Crippen LogP contribution is -2.49. The lowest BCUT2D eigenvalue weighted by molar-refractivity contribution is -0.128. The van der Waals surface area contributed by atoms with E-state index in [0.717, 1.165) is 0 Å². The second-order valence-corrected chi connectivity index (χ2v) is 10.0. The van der Waals surface area contributed by atoms with Crippen LogP contribution in [0.5, 0.6) is 0 Å². The first-order valence-corrected chi connectivity index (χ1v) is 8.24. The van der Waals surface area contributed by atoms with E-state index in [4.69, 9.17) is 10.3 Å².